The molecule has 1 N–H and O–H groups in total. The maximum Gasteiger partial charge on any atom is 0.241 e. The maximum absolute atomic E-state index is 12.7. The van der Waals surface area contributed by atoms with Gasteiger partial charge in [0.05, 0.1) is 18.4 Å². The lowest BCUT2D eigenvalue weighted by Gasteiger charge is -2.32. The molecule has 1 heterocycles. The van der Waals surface area contributed by atoms with E-state index < -0.39 is 10.0 Å². The van der Waals surface area contributed by atoms with Crippen molar-refractivity contribution in [2.45, 2.75) is 44.0 Å². The Morgan fingerprint density at radius 3 is 2.34 bits per heavy atom. The van der Waals surface area contributed by atoms with Gasteiger partial charge in [-0.3, -0.25) is 4.79 Å². The minimum absolute atomic E-state index is 0.0610. The molecular formula is C22H28N2O4S. The second-order valence-corrected chi connectivity index (χ2v) is 9.25. The third-order valence-electron chi connectivity index (χ3n) is 5.30. The molecule has 0 atom stereocenters. The number of amides is 1. The van der Waals surface area contributed by atoms with Crippen LogP contribution >= 0.6 is 0 Å². The molecule has 1 aliphatic rings. The average Bonchev–Trinajstić information content (AvgIpc) is 2.68. The molecule has 0 radical (unpaired) electrons. The van der Waals surface area contributed by atoms with Crippen LogP contribution in [0.15, 0.2) is 47.4 Å². The first-order valence-corrected chi connectivity index (χ1v) is 11.3. The zero-order valence-corrected chi connectivity index (χ0v) is 18.0. The molecular weight excluding hydrogens is 388 g/mol. The van der Waals surface area contributed by atoms with Gasteiger partial charge in [-0.05, 0) is 56.0 Å². The van der Waals surface area contributed by atoms with Crippen molar-refractivity contribution in [3.63, 3.8) is 0 Å². The molecule has 2 aromatic rings. The van der Waals surface area contributed by atoms with Gasteiger partial charge in [0.25, 0.3) is 0 Å². The van der Waals surface area contributed by atoms with Crippen molar-refractivity contribution >= 4 is 15.9 Å². The number of nitrogens with one attached hydrogen (secondary N) is 1. The van der Waals surface area contributed by atoms with E-state index >= 15 is 0 Å². The van der Waals surface area contributed by atoms with E-state index in [-0.39, 0.29) is 11.9 Å². The molecule has 6 nitrogen and oxygen atoms in total. The molecule has 2 aromatic carbocycles. The molecule has 7 heteroatoms. The predicted octanol–water partition coefficient (Wildman–Crippen LogP) is 2.82. The van der Waals surface area contributed by atoms with Gasteiger partial charge in [-0.1, -0.05) is 29.8 Å². The van der Waals surface area contributed by atoms with Crippen molar-refractivity contribution in [2.75, 3.05) is 20.2 Å². The lowest BCUT2D eigenvalue weighted by atomic mass is 10.0. The Morgan fingerprint density at radius 1 is 1.10 bits per heavy atom. The molecule has 29 heavy (non-hydrogen) atoms. The quantitative estimate of drug-likeness (QED) is 0.786. The summed E-state index contributed by atoms with van der Waals surface area (Å²) in [5.74, 6) is 0.823. The number of likely N-dealkylation sites (tertiary alicyclic amines) is 1. The highest BCUT2D eigenvalue weighted by molar-refractivity contribution is 7.89. The van der Waals surface area contributed by atoms with Crippen LogP contribution in [0.25, 0.3) is 0 Å². The molecule has 0 spiro atoms. The van der Waals surface area contributed by atoms with Gasteiger partial charge < -0.3 is 9.64 Å². The summed E-state index contributed by atoms with van der Waals surface area (Å²) < 4.78 is 33.4. The van der Waals surface area contributed by atoms with E-state index in [4.69, 9.17) is 4.74 Å². The van der Waals surface area contributed by atoms with Crippen molar-refractivity contribution in [3.05, 3.63) is 59.2 Å². The molecule has 0 aromatic heterocycles. The van der Waals surface area contributed by atoms with E-state index in [9.17, 15) is 13.2 Å². The summed E-state index contributed by atoms with van der Waals surface area (Å²) in [6.45, 7) is 4.85. The summed E-state index contributed by atoms with van der Waals surface area (Å²) >= 11 is 0. The normalized spacial score (nSPS) is 15.3. The van der Waals surface area contributed by atoms with Crippen LogP contribution < -0.4 is 9.46 Å². The fourth-order valence-electron chi connectivity index (χ4n) is 3.66. The number of hydrogen-bond donors (Lipinski definition) is 1. The molecule has 3 rings (SSSR count). The van der Waals surface area contributed by atoms with Gasteiger partial charge in [0.2, 0.25) is 15.9 Å². The van der Waals surface area contributed by atoms with Gasteiger partial charge in [-0.15, -0.1) is 0 Å². The number of ether oxygens (including phenoxy) is 1. The smallest absolute Gasteiger partial charge is 0.241 e. The lowest BCUT2D eigenvalue weighted by molar-refractivity contribution is -0.131. The Labute approximate surface area is 172 Å². The van der Waals surface area contributed by atoms with E-state index in [1.165, 1.54) is 0 Å². The number of carbonyl (C=O) groups is 1. The molecule has 1 fully saturated rings. The maximum atomic E-state index is 12.7. The van der Waals surface area contributed by atoms with Gasteiger partial charge in [0.1, 0.15) is 5.75 Å². The van der Waals surface area contributed by atoms with Crippen LogP contribution in [-0.4, -0.2) is 45.5 Å². The molecule has 156 valence electrons. The summed E-state index contributed by atoms with van der Waals surface area (Å²) in [6, 6.07) is 12.6. The van der Waals surface area contributed by atoms with Crippen LogP contribution in [0.2, 0.25) is 0 Å². The number of hydrogen-bond acceptors (Lipinski definition) is 4. The zero-order chi connectivity index (χ0) is 21.0. The number of nitrogens with zero attached hydrogens (tertiary/aromatic N) is 1. The molecule has 1 saturated heterocycles. The Balaban J connectivity index is 1.55. The Hall–Kier alpha value is -2.38. The lowest BCUT2D eigenvalue weighted by Crippen LogP contribution is -2.47. The summed E-state index contributed by atoms with van der Waals surface area (Å²) in [4.78, 5) is 14.7. The molecule has 0 aliphatic carbocycles. The standard InChI is InChI=1S/C22H28N2O4S/c1-16-4-9-21(17(2)14-16)29(26,27)23-19-10-12-24(13-11-19)22(25)15-18-5-7-20(28-3)8-6-18/h4-9,14,19,23H,10-13,15H2,1-3H3. The number of benzene rings is 2. The highest BCUT2D eigenvalue weighted by Crippen LogP contribution is 2.20. The first-order valence-electron chi connectivity index (χ1n) is 9.79. The Kier molecular flexibility index (Phi) is 6.59. The minimum atomic E-state index is -3.57. The second kappa shape index (κ2) is 8.97. The highest BCUT2D eigenvalue weighted by atomic mass is 32.2. The van der Waals surface area contributed by atoms with E-state index in [1.807, 2.05) is 55.1 Å². The summed E-state index contributed by atoms with van der Waals surface area (Å²) in [5, 5.41) is 0. The SMILES string of the molecule is COc1ccc(CC(=O)N2CCC(NS(=O)(=O)c3ccc(C)cc3C)CC2)cc1. The average molecular weight is 417 g/mol. The predicted molar refractivity (Wildman–Crippen MR) is 113 cm³/mol. The van der Waals surface area contributed by atoms with Crippen molar-refractivity contribution in [3.8, 4) is 5.75 Å². The summed E-state index contributed by atoms with van der Waals surface area (Å²) in [7, 11) is -1.96. The summed E-state index contributed by atoms with van der Waals surface area (Å²) in [5.41, 5.74) is 2.71. The topological polar surface area (TPSA) is 75.7 Å². The third-order valence-corrected chi connectivity index (χ3v) is 6.98. The molecule has 0 saturated carbocycles. The van der Waals surface area contributed by atoms with E-state index in [0.29, 0.717) is 37.2 Å². The molecule has 0 unspecified atom stereocenters. The van der Waals surface area contributed by atoms with E-state index in [2.05, 4.69) is 4.72 Å². The zero-order valence-electron chi connectivity index (χ0n) is 17.1. The van der Waals surface area contributed by atoms with Gasteiger partial charge in [0, 0.05) is 19.1 Å². The fourth-order valence-corrected chi connectivity index (χ4v) is 5.19. The molecule has 1 aliphatic heterocycles. The molecule has 0 bridgehead atoms. The number of methoxy groups -OCH3 is 1. The van der Waals surface area contributed by atoms with Crippen molar-refractivity contribution < 1.29 is 17.9 Å². The van der Waals surface area contributed by atoms with Crippen molar-refractivity contribution in [1.82, 2.24) is 9.62 Å². The minimum Gasteiger partial charge on any atom is -0.497 e. The Morgan fingerprint density at radius 2 is 1.76 bits per heavy atom. The van der Waals surface area contributed by atoms with Crippen LogP contribution in [0.5, 0.6) is 5.75 Å². The van der Waals surface area contributed by atoms with Gasteiger partial charge in [0.15, 0.2) is 0 Å². The van der Waals surface area contributed by atoms with Crippen LogP contribution in [-0.2, 0) is 21.2 Å². The van der Waals surface area contributed by atoms with Gasteiger partial charge in [-0.25, -0.2) is 13.1 Å². The Bertz CT molecular complexity index is 963. The highest BCUT2D eigenvalue weighted by Gasteiger charge is 2.27. The van der Waals surface area contributed by atoms with Crippen LogP contribution in [0.3, 0.4) is 0 Å². The van der Waals surface area contributed by atoms with E-state index in [1.54, 1.807) is 13.2 Å². The van der Waals surface area contributed by atoms with Crippen molar-refractivity contribution in [2.24, 2.45) is 0 Å². The largest absolute Gasteiger partial charge is 0.497 e. The number of piperidine rings is 1. The number of rotatable bonds is 6. The van der Waals surface area contributed by atoms with Crippen LogP contribution in [0.1, 0.15) is 29.5 Å². The van der Waals surface area contributed by atoms with Crippen molar-refractivity contribution in [1.29, 1.82) is 0 Å². The van der Waals surface area contributed by atoms with E-state index in [0.717, 1.165) is 22.4 Å². The first-order chi connectivity index (χ1) is 13.8. The second-order valence-electron chi connectivity index (χ2n) is 7.57. The summed E-state index contributed by atoms with van der Waals surface area (Å²) in [6.07, 6.45) is 1.56. The first kappa shape index (κ1) is 21.3. The fraction of sp³-hybridized carbons (Fsp3) is 0.409. The number of sulfonamides is 1. The monoisotopic (exact) mass is 416 g/mol. The van der Waals surface area contributed by atoms with Crippen LogP contribution in [0, 0.1) is 13.8 Å². The molecule has 1 amide bonds. The van der Waals surface area contributed by atoms with Crippen LogP contribution in [0.4, 0.5) is 0 Å². The number of aryl methyl sites for hydroxylation is 2. The van der Waals surface area contributed by atoms with Gasteiger partial charge in [-0.2, -0.15) is 0 Å². The third kappa shape index (κ3) is 5.36. The number of carbonyl (C=O) groups excluding carboxylic acids is 1. The van der Waals surface area contributed by atoms with Gasteiger partial charge >= 0.3 is 0 Å².